The molecule has 7 nitrogen and oxygen atoms in total. The van der Waals surface area contributed by atoms with Crippen molar-refractivity contribution in [2.75, 3.05) is 4.90 Å². The fraction of sp³-hybridized carbons (Fsp3) is 0.0909. The van der Waals surface area contributed by atoms with Gasteiger partial charge in [0.1, 0.15) is 13.2 Å². The molecule has 2 N–H and O–H groups in total. The van der Waals surface area contributed by atoms with Crippen LogP contribution in [0.4, 0.5) is 15.3 Å². The van der Waals surface area contributed by atoms with Gasteiger partial charge in [-0.2, -0.15) is 4.90 Å². The maximum absolute atomic E-state index is 12.6. The highest BCUT2D eigenvalue weighted by Gasteiger charge is 2.26. The van der Waals surface area contributed by atoms with Gasteiger partial charge in [0.05, 0.1) is 5.69 Å². The number of carbonyl (C=O) groups is 2. The van der Waals surface area contributed by atoms with E-state index in [0.29, 0.717) is 5.69 Å². The van der Waals surface area contributed by atoms with Gasteiger partial charge in [-0.05, 0) is 23.3 Å². The molecule has 0 saturated carbocycles. The van der Waals surface area contributed by atoms with Crippen molar-refractivity contribution in [1.82, 2.24) is 0 Å². The number of para-hydroxylation sites is 1. The molecule has 3 aromatic carbocycles. The Bertz CT molecular complexity index is 838. The van der Waals surface area contributed by atoms with Crippen LogP contribution in [0.5, 0.6) is 0 Å². The smallest absolute Gasteiger partial charge is 0.432 e. The van der Waals surface area contributed by atoms with E-state index in [9.17, 15) is 9.59 Å². The van der Waals surface area contributed by atoms with Crippen LogP contribution in [0.2, 0.25) is 0 Å². The molecule has 3 aromatic rings. The molecule has 2 amide bonds. The molecule has 154 valence electrons. The van der Waals surface area contributed by atoms with E-state index in [0.717, 1.165) is 16.0 Å². The number of imide groups is 1. The molecule has 0 unspecified atom stereocenters. The van der Waals surface area contributed by atoms with E-state index >= 15 is 0 Å². The minimum Gasteiger partial charge on any atom is -0.444 e. The van der Waals surface area contributed by atoms with Gasteiger partial charge < -0.3 is 19.5 Å². The zero-order valence-corrected chi connectivity index (χ0v) is 16.3. The maximum atomic E-state index is 12.6. The second-order valence-corrected chi connectivity index (χ2v) is 5.89. The molecule has 0 bridgehead atoms. The second kappa shape index (κ2) is 12.8. The minimum absolute atomic E-state index is 0.0645. The van der Waals surface area contributed by atoms with Crippen molar-refractivity contribution < 1.29 is 29.1 Å². The van der Waals surface area contributed by atoms with Crippen LogP contribution in [0.25, 0.3) is 0 Å². The molecular weight excluding hydrogens is 385 g/mol. The number of hydrogen-bond acceptors (Lipinski definition) is 6. The van der Waals surface area contributed by atoms with Gasteiger partial charge in [-0.15, -0.1) is 0 Å². The fourth-order valence-corrected chi connectivity index (χ4v) is 2.43. The highest BCUT2D eigenvalue weighted by Crippen LogP contribution is 2.17. The van der Waals surface area contributed by atoms with Crippen molar-refractivity contribution in [3.8, 4) is 0 Å². The van der Waals surface area contributed by atoms with E-state index in [1.807, 2.05) is 60.7 Å². The molecule has 0 aliphatic heterocycles. The normalized spacial score (nSPS) is 9.53. The summed E-state index contributed by atoms with van der Waals surface area (Å²) >= 11 is 0. The molecule has 0 spiro atoms. The van der Waals surface area contributed by atoms with E-state index < -0.39 is 19.9 Å². The first-order valence-electron chi connectivity index (χ1n) is 9.14. The van der Waals surface area contributed by atoms with Gasteiger partial charge in [0.2, 0.25) is 0 Å². The lowest BCUT2D eigenvalue weighted by Crippen LogP contribution is -2.37. The first-order valence-corrected chi connectivity index (χ1v) is 9.14. The largest absolute Gasteiger partial charge is 0.444 e. The zero-order valence-electron chi connectivity index (χ0n) is 16.3. The number of rotatable bonds is 5. The molecule has 0 atom stereocenters. The average Bonchev–Trinajstić information content (AvgIpc) is 2.79. The number of ether oxygens (including phenoxy) is 2. The van der Waals surface area contributed by atoms with Gasteiger partial charge in [-0.3, -0.25) is 0 Å². The van der Waals surface area contributed by atoms with Crippen molar-refractivity contribution in [3.05, 3.63) is 102 Å². The number of amides is 2. The predicted octanol–water partition coefficient (Wildman–Crippen LogP) is 3.40. The zero-order chi connectivity index (χ0) is 21.6. The molecule has 0 aromatic heterocycles. The SMILES string of the molecule is O=C(OCc1ccccc1)N(C(=O)OCc1ccccc1)c1ccccc1.OBO. The Kier molecular flexibility index (Phi) is 9.65. The molecule has 0 radical (unpaired) electrons. The number of carbonyl (C=O) groups excluding carboxylic acids is 2. The van der Waals surface area contributed by atoms with Crippen LogP contribution >= 0.6 is 0 Å². The Hall–Kier alpha value is -3.62. The molecule has 0 aliphatic rings. The van der Waals surface area contributed by atoms with Crippen LogP contribution in [0.3, 0.4) is 0 Å². The van der Waals surface area contributed by atoms with Gasteiger partial charge in [-0.1, -0.05) is 78.9 Å². The highest BCUT2D eigenvalue weighted by molar-refractivity contribution is 6.13. The molecule has 0 heterocycles. The molecule has 3 rings (SSSR count). The molecule has 0 saturated heterocycles. The van der Waals surface area contributed by atoms with Crippen LogP contribution in [0, 0.1) is 0 Å². The number of anilines is 1. The number of hydrogen-bond donors (Lipinski definition) is 2. The lowest BCUT2D eigenvalue weighted by atomic mass is 10.2. The van der Waals surface area contributed by atoms with Crippen molar-refractivity contribution in [2.24, 2.45) is 0 Å². The van der Waals surface area contributed by atoms with E-state index in [1.54, 1.807) is 30.3 Å². The molecule has 30 heavy (non-hydrogen) atoms. The van der Waals surface area contributed by atoms with Crippen molar-refractivity contribution in [3.63, 3.8) is 0 Å². The van der Waals surface area contributed by atoms with Crippen LogP contribution < -0.4 is 4.90 Å². The van der Waals surface area contributed by atoms with Crippen molar-refractivity contribution in [1.29, 1.82) is 0 Å². The second-order valence-electron chi connectivity index (χ2n) is 5.89. The molecule has 0 aliphatic carbocycles. The van der Waals surface area contributed by atoms with Crippen LogP contribution in [-0.2, 0) is 22.7 Å². The monoisotopic (exact) mass is 407 g/mol. The average molecular weight is 407 g/mol. The Morgan fingerprint density at radius 1 is 0.667 bits per heavy atom. The third-order valence-corrected chi connectivity index (χ3v) is 3.79. The van der Waals surface area contributed by atoms with Gasteiger partial charge in [-0.25, -0.2) is 9.59 Å². The van der Waals surface area contributed by atoms with E-state index in [2.05, 4.69) is 0 Å². The Morgan fingerprint density at radius 2 is 1.00 bits per heavy atom. The summed E-state index contributed by atoms with van der Waals surface area (Å²) in [7, 11) is -0.750. The maximum Gasteiger partial charge on any atom is 0.432 e. The van der Waals surface area contributed by atoms with Crippen LogP contribution in [0.1, 0.15) is 11.1 Å². The van der Waals surface area contributed by atoms with E-state index in [-0.39, 0.29) is 13.2 Å². The lowest BCUT2D eigenvalue weighted by Gasteiger charge is -2.20. The van der Waals surface area contributed by atoms with E-state index in [4.69, 9.17) is 19.5 Å². The first kappa shape index (κ1) is 22.7. The summed E-state index contributed by atoms with van der Waals surface area (Å²) in [5, 5.41) is 14.2. The van der Waals surface area contributed by atoms with Gasteiger partial charge in [0, 0.05) is 0 Å². The third kappa shape index (κ3) is 7.42. The van der Waals surface area contributed by atoms with Crippen molar-refractivity contribution >= 4 is 25.6 Å². The summed E-state index contributed by atoms with van der Waals surface area (Å²) in [6.45, 7) is 0.129. The van der Waals surface area contributed by atoms with Gasteiger partial charge in [0.25, 0.3) is 0 Å². The number of benzene rings is 3. The quantitative estimate of drug-likeness (QED) is 0.630. The summed E-state index contributed by atoms with van der Waals surface area (Å²) in [5.74, 6) is 0. The highest BCUT2D eigenvalue weighted by atomic mass is 16.6. The summed E-state index contributed by atoms with van der Waals surface area (Å²) in [5.41, 5.74) is 2.04. The van der Waals surface area contributed by atoms with Crippen molar-refractivity contribution in [2.45, 2.75) is 13.2 Å². The van der Waals surface area contributed by atoms with E-state index in [1.165, 1.54) is 0 Å². The summed E-state index contributed by atoms with van der Waals surface area (Å²) < 4.78 is 10.6. The first-order chi connectivity index (χ1) is 14.7. The lowest BCUT2D eigenvalue weighted by molar-refractivity contribution is 0.127. The summed E-state index contributed by atoms with van der Waals surface area (Å²) in [6, 6.07) is 27.1. The molecule has 0 fully saturated rings. The fourth-order valence-electron chi connectivity index (χ4n) is 2.43. The minimum atomic E-state index is -0.789. The standard InChI is InChI=1S/C22H19NO4.BH3O2/c24-21(26-16-18-10-4-1-5-11-18)23(20-14-8-3-9-15-20)22(25)27-17-19-12-6-2-7-13-19;2-1-3/h1-15H,16-17H2;1-3H. The Labute approximate surface area is 175 Å². The predicted molar refractivity (Wildman–Crippen MR) is 114 cm³/mol. The van der Waals surface area contributed by atoms with Gasteiger partial charge in [0.15, 0.2) is 0 Å². The molecule has 8 heteroatoms. The van der Waals surface area contributed by atoms with Gasteiger partial charge >= 0.3 is 19.9 Å². The van der Waals surface area contributed by atoms with Crippen LogP contribution in [0.15, 0.2) is 91.0 Å². The third-order valence-electron chi connectivity index (χ3n) is 3.79. The van der Waals surface area contributed by atoms with Crippen LogP contribution in [-0.4, -0.2) is 29.9 Å². The Balaban J connectivity index is 0.00000101. The summed E-state index contributed by atoms with van der Waals surface area (Å²) in [6.07, 6.45) is -1.58. The molecular formula is C22H22BNO6. The topological polar surface area (TPSA) is 96.3 Å². The Morgan fingerprint density at radius 3 is 1.37 bits per heavy atom. The number of nitrogens with zero attached hydrogens (tertiary/aromatic N) is 1. The summed E-state index contributed by atoms with van der Waals surface area (Å²) in [4.78, 5) is 26.0.